The summed E-state index contributed by atoms with van der Waals surface area (Å²) in [6, 6.07) is 22.9. The summed E-state index contributed by atoms with van der Waals surface area (Å²) in [4.78, 5) is 31.0. The van der Waals surface area contributed by atoms with E-state index in [1.807, 2.05) is 74.5 Å². The van der Waals surface area contributed by atoms with E-state index in [2.05, 4.69) is 10.3 Å². The summed E-state index contributed by atoms with van der Waals surface area (Å²) >= 11 is 0. The van der Waals surface area contributed by atoms with E-state index in [0.717, 1.165) is 27.6 Å². The Kier molecular flexibility index (Phi) is 6.97. The van der Waals surface area contributed by atoms with E-state index in [1.165, 1.54) is 0 Å². The Morgan fingerprint density at radius 1 is 0.971 bits per heavy atom. The smallest absolute Gasteiger partial charge is 0.322 e. The van der Waals surface area contributed by atoms with Gasteiger partial charge in [0, 0.05) is 17.5 Å². The van der Waals surface area contributed by atoms with Gasteiger partial charge in [0.25, 0.3) is 5.56 Å². The van der Waals surface area contributed by atoms with Crippen molar-refractivity contribution in [3.63, 3.8) is 0 Å². The number of benzene rings is 3. The number of nitrogens with one attached hydrogen (secondary N) is 2. The second kappa shape index (κ2) is 10.3. The Morgan fingerprint density at radius 2 is 1.68 bits per heavy atom. The summed E-state index contributed by atoms with van der Waals surface area (Å²) < 4.78 is 5.38. The number of aryl methyl sites for hydroxylation is 2. The Labute approximate surface area is 199 Å². The number of urea groups is 1. The highest BCUT2D eigenvalue weighted by molar-refractivity contribution is 5.91. The van der Waals surface area contributed by atoms with Gasteiger partial charge in [0.15, 0.2) is 0 Å². The standard InChI is InChI=1S/C28H29N3O3/c1-19-13-14-20(2)26-23(19)17-22(27(32)30-26)18-31(16-15-21-9-5-4-6-10-21)28(33)29-24-11-7-8-12-25(24)34-3/h4-14,17H,15-16,18H2,1-3H3,(H,29,33)(H,30,32). The van der Waals surface area contributed by atoms with Gasteiger partial charge in [-0.25, -0.2) is 4.79 Å². The van der Waals surface area contributed by atoms with Crippen LogP contribution in [0, 0.1) is 13.8 Å². The number of anilines is 1. The maximum absolute atomic E-state index is 13.3. The van der Waals surface area contributed by atoms with Crippen molar-refractivity contribution in [3.8, 4) is 5.75 Å². The van der Waals surface area contributed by atoms with Gasteiger partial charge in [0.2, 0.25) is 0 Å². The molecule has 0 aliphatic carbocycles. The van der Waals surface area contributed by atoms with Gasteiger partial charge >= 0.3 is 6.03 Å². The highest BCUT2D eigenvalue weighted by atomic mass is 16.5. The van der Waals surface area contributed by atoms with Crippen LogP contribution in [0.15, 0.2) is 77.6 Å². The molecule has 0 radical (unpaired) electrons. The molecule has 174 valence electrons. The normalized spacial score (nSPS) is 10.8. The largest absolute Gasteiger partial charge is 0.495 e. The number of H-pyrrole nitrogens is 1. The van der Waals surface area contributed by atoms with E-state index in [0.29, 0.717) is 30.0 Å². The first-order valence-electron chi connectivity index (χ1n) is 11.3. The van der Waals surface area contributed by atoms with Crippen LogP contribution in [0.1, 0.15) is 22.3 Å². The third-order valence-electron chi connectivity index (χ3n) is 6.03. The van der Waals surface area contributed by atoms with Gasteiger partial charge in [-0.3, -0.25) is 4.79 Å². The van der Waals surface area contributed by atoms with Crippen LogP contribution in [0.2, 0.25) is 0 Å². The predicted molar refractivity (Wildman–Crippen MR) is 137 cm³/mol. The fraction of sp³-hybridized carbons (Fsp3) is 0.214. The third kappa shape index (κ3) is 5.12. The van der Waals surface area contributed by atoms with Crippen molar-refractivity contribution >= 4 is 22.6 Å². The molecule has 0 saturated carbocycles. The maximum Gasteiger partial charge on any atom is 0.322 e. The number of hydrogen-bond donors (Lipinski definition) is 2. The lowest BCUT2D eigenvalue weighted by atomic mass is 10.0. The summed E-state index contributed by atoms with van der Waals surface area (Å²) in [5.41, 5.74) is 4.99. The molecule has 4 rings (SSSR count). The summed E-state index contributed by atoms with van der Waals surface area (Å²) in [5.74, 6) is 0.577. The molecule has 0 aliphatic rings. The number of ether oxygens (including phenoxy) is 1. The summed E-state index contributed by atoms with van der Waals surface area (Å²) in [7, 11) is 1.57. The van der Waals surface area contributed by atoms with Crippen molar-refractivity contribution in [1.29, 1.82) is 0 Å². The molecule has 6 nitrogen and oxygen atoms in total. The number of hydrogen-bond acceptors (Lipinski definition) is 3. The van der Waals surface area contributed by atoms with Gasteiger partial charge in [-0.05, 0) is 55.2 Å². The number of aromatic nitrogens is 1. The lowest BCUT2D eigenvalue weighted by Gasteiger charge is -2.24. The van der Waals surface area contributed by atoms with Crippen LogP contribution in [0.3, 0.4) is 0 Å². The molecule has 0 saturated heterocycles. The van der Waals surface area contributed by atoms with Crippen LogP contribution in [0.25, 0.3) is 10.9 Å². The van der Waals surface area contributed by atoms with Gasteiger partial charge < -0.3 is 19.9 Å². The Morgan fingerprint density at radius 3 is 2.44 bits per heavy atom. The highest BCUT2D eigenvalue weighted by Gasteiger charge is 2.18. The average molecular weight is 456 g/mol. The van der Waals surface area contributed by atoms with E-state index in [-0.39, 0.29) is 18.1 Å². The number of amides is 2. The van der Waals surface area contributed by atoms with Gasteiger partial charge in [0.05, 0.1) is 24.9 Å². The molecule has 1 heterocycles. The number of methoxy groups -OCH3 is 1. The minimum absolute atomic E-state index is 0.184. The second-order valence-electron chi connectivity index (χ2n) is 8.40. The Bertz CT molecular complexity index is 1360. The predicted octanol–water partition coefficient (Wildman–Crippen LogP) is 5.43. The summed E-state index contributed by atoms with van der Waals surface area (Å²) in [6.07, 6.45) is 0.670. The molecule has 0 fully saturated rings. The monoisotopic (exact) mass is 455 g/mol. The third-order valence-corrected chi connectivity index (χ3v) is 6.03. The molecule has 6 heteroatoms. The van der Waals surface area contributed by atoms with Crippen LogP contribution in [0.5, 0.6) is 5.75 Å². The zero-order valence-corrected chi connectivity index (χ0v) is 19.7. The fourth-order valence-corrected chi connectivity index (χ4v) is 4.04. The van der Waals surface area contributed by atoms with E-state index >= 15 is 0 Å². The topological polar surface area (TPSA) is 74.4 Å². The van der Waals surface area contributed by atoms with Gasteiger partial charge in [-0.15, -0.1) is 0 Å². The van der Waals surface area contributed by atoms with Gasteiger partial charge in [-0.1, -0.05) is 54.6 Å². The molecular weight excluding hydrogens is 426 g/mol. The van der Waals surface area contributed by atoms with E-state index < -0.39 is 0 Å². The molecule has 1 aromatic heterocycles. The Balaban J connectivity index is 1.65. The van der Waals surface area contributed by atoms with E-state index in [9.17, 15) is 9.59 Å². The molecule has 0 aliphatic heterocycles. The first-order chi connectivity index (χ1) is 16.5. The van der Waals surface area contributed by atoms with Gasteiger partial charge in [0.1, 0.15) is 5.75 Å². The molecule has 0 spiro atoms. The lowest BCUT2D eigenvalue weighted by molar-refractivity contribution is 0.209. The zero-order chi connectivity index (χ0) is 24.1. The van der Waals surface area contributed by atoms with Crippen molar-refractivity contribution in [2.24, 2.45) is 0 Å². The van der Waals surface area contributed by atoms with Crippen molar-refractivity contribution < 1.29 is 9.53 Å². The van der Waals surface area contributed by atoms with E-state index in [4.69, 9.17) is 4.74 Å². The number of carbonyl (C=O) groups is 1. The lowest BCUT2D eigenvalue weighted by Crippen LogP contribution is -2.37. The van der Waals surface area contributed by atoms with Gasteiger partial charge in [-0.2, -0.15) is 0 Å². The zero-order valence-electron chi connectivity index (χ0n) is 19.7. The van der Waals surface area contributed by atoms with Crippen molar-refractivity contribution in [3.05, 3.63) is 105 Å². The average Bonchev–Trinajstić information content (AvgIpc) is 2.85. The molecule has 0 atom stereocenters. The summed E-state index contributed by atoms with van der Waals surface area (Å²) in [5, 5.41) is 3.93. The van der Waals surface area contributed by atoms with Crippen molar-refractivity contribution in [2.45, 2.75) is 26.8 Å². The molecule has 2 N–H and O–H groups in total. The number of carbonyl (C=O) groups excluding carboxylic acids is 1. The van der Waals surface area contributed by atoms with Crippen LogP contribution in [0.4, 0.5) is 10.5 Å². The summed E-state index contributed by atoms with van der Waals surface area (Å²) in [6.45, 7) is 4.64. The quantitative estimate of drug-likeness (QED) is 0.390. The van der Waals surface area contributed by atoms with Crippen LogP contribution in [-0.4, -0.2) is 29.6 Å². The molecule has 34 heavy (non-hydrogen) atoms. The number of fused-ring (bicyclic) bond motifs is 1. The van der Waals surface area contributed by atoms with Crippen LogP contribution in [-0.2, 0) is 13.0 Å². The number of aromatic amines is 1. The Hall–Kier alpha value is -4.06. The number of para-hydroxylation sites is 2. The minimum Gasteiger partial charge on any atom is -0.495 e. The highest BCUT2D eigenvalue weighted by Crippen LogP contribution is 2.24. The molecule has 3 aromatic carbocycles. The SMILES string of the molecule is COc1ccccc1NC(=O)N(CCc1ccccc1)Cc1cc2c(C)ccc(C)c2[nH]c1=O. The maximum atomic E-state index is 13.3. The fourth-order valence-electron chi connectivity index (χ4n) is 4.04. The first kappa shape index (κ1) is 23.1. The van der Waals surface area contributed by atoms with Crippen molar-refractivity contribution in [2.75, 3.05) is 19.0 Å². The molecule has 0 bridgehead atoms. The molecule has 2 amide bonds. The number of pyridine rings is 1. The first-order valence-corrected chi connectivity index (χ1v) is 11.3. The molecule has 0 unspecified atom stereocenters. The number of rotatable bonds is 7. The van der Waals surface area contributed by atoms with E-state index in [1.54, 1.807) is 24.1 Å². The van der Waals surface area contributed by atoms with Crippen LogP contribution < -0.4 is 15.6 Å². The second-order valence-corrected chi connectivity index (χ2v) is 8.40. The number of nitrogens with zero attached hydrogens (tertiary/aromatic N) is 1. The van der Waals surface area contributed by atoms with Crippen LogP contribution >= 0.6 is 0 Å². The minimum atomic E-state index is -0.291. The molecule has 4 aromatic rings. The van der Waals surface area contributed by atoms with Crippen molar-refractivity contribution in [1.82, 2.24) is 9.88 Å². The molecular formula is C28H29N3O3.